The Morgan fingerprint density at radius 2 is 2.28 bits per heavy atom. The van der Waals surface area contributed by atoms with Gasteiger partial charge in [0.05, 0.1) is 0 Å². The van der Waals surface area contributed by atoms with E-state index < -0.39 is 0 Å². The summed E-state index contributed by atoms with van der Waals surface area (Å²) in [6.45, 7) is 2.63. The number of likely N-dealkylation sites (N-methyl/N-ethyl adjacent to an activating group) is 1. The van der Waals surface area contributed by atoms with Crippen molar-refractivity contribution in [3.8, 4) is 5.75 Å². The van der Waals surface area contributed by atoms with E-state index in [1.54, 1.807) is 52.3 Å². The summed E-state index contributed by atoms with van der Waals surface area (Å²) in [5, 5.41) is 13.4. The molecule has 1 aromatic carbocycles. The predicted molar refractivity (Wildman–Crippen MR) is 68.4 cm³/mol. The van der Waals surface area contributed by atoms with Crippen molar-refractivity contribution in [3.63, 3.8) is 0 Å². The van der Waals surface area contributed by atoms with Gasteiger partial charge in [0, 0.05) is 30.7 Å². The van der Waals surface area contributed by atoms with E-state index in [0.717, 1.165) is 0 Å². The quantitative estimate of drug-likeness (QED) is 0.890. The Balaban J connectivity index is 2.15. The number of anilines is 1. The van der Waals surface area contributed by atoms with Gasteiger partial charge in [-0.05, 0) is 25.1 Å². The van der Waals surface area contributed by atoms with Crippen LogP contribution in [0.3, 0.4) is 0 Å². The van der Waals surface area contributed by atoms with Crippen LogP contribution in [0.4, 0.5) is 5.69 Å². The summed E-state index contributed by atoms with van der Waals surface area (Å²) in [7, 11) is 0. The third kappa shape index (κ3) is 2.68. The Morgan fingerprint density at radius 3 is 2.89 bits per heavy atom. The predicted octanol–water partition coefficient (Wildman–Crippen LogP) is 1.64. The second-order valence-corrected chi connectivity index (χ2v) is 3.86. The Hall–Kier alpha value is -2.30. The molecule has 2 aromatic rings. The van der Waals surface area contributed by atoms with Gasteiger partial charge >= 0.3 is 0 Å². The number of hydrogen-bond acceptors (Lipinski definition) is 3. The number of benzene rings is 1. The molecule has 1 aromatic heterocycles. The van der Waals surface area contributed by atoms with Crippen LogP contribution in [-0.4, -0.2) is 27.3 Å². The summed E-state index contributed by atoms with van der Waals surface area (Å²) < 4.78 is 1.58. The molecule has 0 fully saturated rings. The Morgan fingerprint density at radius 1 is 1.44 bits per heavy atom. The molecule has 0 unspecified atom stereocenters. The highest BCUT2D eigenvalue weighted by atomic mass is 16.3. The molecule has 5 nitrogen and oxygen atoms in total. The molecule has 0 radical (unpaired) electrons. The van der Waals surface area contributed by atoms with Gasteiger partial charge in [0.25, 0.3) is 0 Å². The first-order chi connectivity index (χ1) is 8.70. The Bertz CT molecular complexity index is 523. The normalized spacial score (nSPS) is 10.3. The van der Waals surface area contributed by atoms with Crippen molar-refractivity contribution < 1.29 is 9.90 Å². The number of amides is 1. The lowest BCUT2D eigenvalue weighted by atomic mass is 10.2. The summed E-state index contributed by atoms with van der Waals surface area (Å²) in [5.74, 6) is 0.0876. The molecule has 5 heteroatoms. The van der Waals surface area contributed by atoms with E-state index in [4.69, 9.17) is 0 Å². The second kappa shape index (κ2) is 5.35. The molecule has 18 heavy (non-hydrogen) atoms. The van der Waals surface area contributed by atoms with Crippen molar-refractivity contribution in [1.82, 2.24) is 9.78 Å². The van der Waals surface area contributed by atoms with Gasteiger partial charge < -0.3 is 10.0 Å². The van der Waals surface area contributed by atoms with Crippen molar-refractivity contribution in [2.75, 3.05) is 11.4 Å². The van der Waals surface area contributed by atoms with Crippen LogP contribution in [0.2, 0.25) is 0 Å². The minimum atomic E-state index is -0.0631. The van der Waals surface area contributed by atoms with Crippen molar-refractivity contribution in [3.05, 3.63) is 42.7 Å². The van der Waals surface area contributed by atoms with Gasteiger partial charge in [0.15, 0.2) is 0 Å². The molecule has 0 spiro atoms. The number of phenols is 1. The summed E-state index contributed by atoms with van der Waals surface area (Å²) >= 11 is 0. The Labute approximate surface area is 105 Å². The molecule has 0 aliphatic carbocycles. The highest BCUT2D eigenvalue weighted by Gasteiger charge is 2.14. The maximum absolute atomic E-state index is 12.1. The molecule has 0 bridgehead atoms. The van der Waals surface area contributed by atoms with E-state index in [2.05, 4.69) is 5.10 Å². The maximum Gasteiger partial charge on any atom is 0.248 e. The number of nitrogens with zero attached hydrogens (tertiary/aromatic N) is 3. The molecule has 94 valence electrons. The monoisotopic (exact) mass is 245 g/mol. The molecule has 0 aliphatic heterocycles. The number of phenolic OH excluding ortho intramolecular Hbond substituents is 1. The summed E-state index contributed by atoms with van der Waals surface area (Å²) in [6.07, 6.45) is 3.38. The van der Waals surface area contributed by atoms with E-state index in [9.17, 15) is 9.90 Å². The zero-order valence-electron chi connectivity index (χ0n) is 10.2. The van der Waals surface area contributed by atoms with Crippen LogP contribution < -0.4 is 4.90 Å². The number of carbonyl (C=O) groups is 1. The number of carbonyl (C=O) groups excluding carboxylic acids is 1. The van der Waals surface area contributed by atoms with Gasteiger partial charge in [-0.2, -0.15) is 5.10 Å². The fraction of sp³-hybridized carbons (Fsp3) is 0.231. The van der Waals surface area contributed by atoms with Gasteiger partial charge in [-0.25, -0.2) is 0 Å². The lowest BCUT2D eigenvalue weighted by molar-refractivity contribution is -0.119. The third-order valence-corrected chi connectivity index (χ3v) is 2.62. The molecule has 0 aliphatic rings. The molecule has 1 amide bonds. The fourth-order valence-corrected chi connectivity index (χ4v) is 1.78. The highest BCUT2D eigenvalue weighted by molar-refractivity contribution is 5.93. The van der Waals surface area contributed by atoms with Crippen LogP contribution in [0.25, 0.3) is 0 Å². The molecular weight excluding hydrogens is 230 g/mol. The third-order valence-electron chi connectivity index (χ3n) is 2.62. The van der Waals surface area contributed by atoms with Crippen molar-refractivity contribution in [1.29, 1.82) is 0 Å². The van der Waals surface area contributed by atoms with Gasteiger partial charge in [-0.1, -0.05) is 6.07 Å². The topological polar surface area (TPSA) is 58.4 Å². The van der Waals surface area contributed by atoms with Crippen molar-refractivity contribution in [2.24, 2.45) is 0 Å². The lowest BCUT2D eigenvalue weighted by Gasteiger charge is -2.21. The van der Waals surface area contributed by atoms with Gasteiger partial charge in [-0.3, -0.25) is 9.48 Å². The average Bonchev–Trinajstić information content (AvgIpc) is 2.83. The van der Waals surface area contributed by atoms with Crippen molar-refractivity contribution >= 4 is 11.6 Å². The molecule has 1 heterocycles. The molecule has 0 saturated carbocycles. The van der Waals surface area contributed by atoms with Crippen LogP contribution in [0, 0.1) is 0 Å². The first-order valence-corrected chi connectivity index (χ1v) is 5.77. The maximum atomic E-state index is 12.1. The van der Waals surface area contributed by atoms with Crippen LogP contribution in [-0.2, 0) is 11.3 Å². The molecule has 1 N–H and O–H groups in total. The largest absolute Gasteiger partial charge is 0.508 e. The van der Waals surface area contributed by atoms with E-state index in [1.165, 1.54) is 0 Å². The standard InChI is InChI=1S/C13H15N3O2/c1-2-16(11-5-3-6-12(17)9-11)13(18)10-15-8-4-7-14-15/h3-9,17H,2,10H2,1H3. The second-order valence-electron chi connectivity index (χ2n) is 3.86. The van der Waals surface area contributed by atoms with E-state index in [1.807, 2.05) is 6.92 Å². The minimum Gasteiger partial charge on any atom is -0.508 e. The minimum absolute atomic E-state index is 0.0631. The first kappa shape index (κ1) is 12.2. The van der Waals surface area contributed by atoms with E-state index >= 15 is 0 Å². The SMILES string of the molecule is CCN(C(=O)Cn1cccn1)c1cccc(O)c1. The zero-order valence-corrected chi connectivity index (χ0v) is 10.2. The highest BCUT2D eigenvalue weighted by Crippen LogP contribution is 2.20. The molecule has 0 saturated heterocycles. The summed E-state index contributed by atoms with van der Waals surface area (Å²) in [5.41, 5.74) is 0.689. The van der Waals surface area contributed by atoms with E-state index in [0.29, 0.717) is 12.2 Å². The van der Waals surface area contributed by atoms with Gasteiger partial charge in [-0.15, -0.1) is 0 Å². The molecule has 2 rings (SSSR count). The van der Waals surface area contributed by atoms with Gasteiger partial charge in [0.1, 0.15) is 12.3 Å². The number of rotatable bonds is 4. The fourth-order valence-electron chi connectivity index (χ4n) is 1.78. The average molecular weight is 245 g/mol. The van der Waals surface area contributed by atoms with Gasteiger partial charge in [0.2, 0.25) is 5.91 Å². The number of aromatic nitrogens is 2. The summed E-state index contributed by atoms with van der Waals surface area (Å²) in [4.78, 5) is 13.7. The molecular formula is C13H15N3O2. The summed E-state index contributed by atoms with van der Waals surface area (Å²) in [6, 6.07) is 8.44. The molecule has 0 atom stereocenters. The van der Waals surface area contributed by atoms with Crippen molar-refractivity contribution in [2.45, 2.75) is 13.5 Å². The zero-order chi connectivity index (χ0) is 13.0. The van der Waals surface area contributed by atoms with Crippen LogP contribution in [0.1, 0.15) is 6.92 Å². The first-order valence-electron chi connectivity index (χ1n) is 5.77. The van der Waals surface area contributed by atoms with Crippen LogP contribution in [0.15, 0.2) is 42.7 Å². The van der Waals surface area contributed by atoms with Crippen LogP contribution >= 0.6 is 0 Å². The van der Waals surface area contributed by atoms with Crippen LogP contribution in [0.5, 0.6) is 5.75 Å². The Kier molecular flexibility index (Phi) is 3.62. The lowest BCUT2D eigenvalue weighted by Crippen LogP contribution is -2.33. The smallest absolute Gasteiger partial charge is 0.248 e. The van der Waals surface area contributed by atoms with E-state index in [-0.39, 0.29) is 18.2 Å². The number of aromatic hydroxyl groups is 1. The number of hydrogen-bond donors (Lipinski definition) is 1.